The molecule has 0 aliphatic carbocycles. The molecule has 110 valence electrons. The van der Waals surface area contributed by atoms with Gasteiger partial charge in [0.15, 0.2) is 0 Å². The largest absolute Gasteiger partial charge is 0.373 e. The lowest BCUT2D eigenvalue weighted by atomic mass is 10.2. The Kier molecular flexibility index (Phi) is 4.90. The zero-order valence-corrected chi connectivity index (χ0v) is 12.5. The van der Waals surface area contributed by atoms with E-state index in [-0.39, 0.29) is 16.3 Å². The first kappa shape index (κ1) is 15.1. The molecule has 1 fully saturated rings. The Balaban J connectivity index is 2.31. The molecule has 0 radical (unpaired) electrons. The first-order chi connectivity index (χ1) is 9.52. The Labute approximate surface area is 124 Å². The Morgan fingerprint density at radius 2 is 2.40 bits per heavy atom. The highest BCUT2D eigenvalue weighted by Crippen LogP contribution is 2.34. The molecule has 1 atom stereocenters. The number of rotatable bonds is 4. The Morgan fingerprint density at radius 3 is 3.05 bits per heavy atom. The minimum Gasteiger partial charge on any atom is -0.373 e. The molecule has 8 heteroatoms. The molecule has 6 nitrogen and oxygen atoms in total. The maximum Gasteiger partial charge on any atom is 0.295 e. The van der Waals surface area contributed by atoms with Gasteiger partial charge in [-0.2, -0.15) is 0 Å². The fourth-order valence-electron chi connectivity index (χ4n) is 2.21. The lowest BCUT2D eigenvalue weighted by molar-refractivity contribution is -0.384. The highest BCUT2D eigenvalue weighted by Gasteiger charge is 2.27. The fraction of sp³-hybridized carbons (Fsp3) is 0.500. The van der Waals surface area contributed by atoms with Gasteiger partial charge in [-0.1, -0.05) is 0 Å². The highest BCUT2D eigenvalue weighted by atomic mass is 79.9. The normalized spacial score (nSPS) is 19.1. The topological polar surface area (TPSA) is 67.6 Å². The molecule has 1 N–H and O–H groups in total. The first-order valence-electron chi connectivity index (χ1n) is 6.17. The summed E-state index contributed by atoms with van der Waals surface area (Å²) in [6.07, 6.45) is -0.0443. The van der Waals surface area contributed by atoms with E-state index >= 15 is 0 Å². The van der Waals surface area contributed by atoms with Crippen molar-refractivity contribution in [1.82, 2.24) is 5.32 Å². The summed E-state index contributed by atoms with van der Waals surface area (Å²) >= 11 is 3.07. The number of benzene rings is 1. The van der Waals surface area contributed by atoms with Crippen LogP contribution in [-0.4, -0.2) is 44.3 Å². The molecule has 1 aromatic rings. The third-order valence-electron chi connectivity index (χ3n) is 3.13. The van der Waals surface area contributed by atoms with E-state index in [1.165, 1.54) is 6.07 Å². The van der Waals surface area contributed by atoms with Crippen molar-refractivity contribution in [2.45, 2.75) is 6.10 Å². The number of halogens is 2. The van der Waals surface area contributed by atoms with Crippen LogP contribution in [0.15, 0.2) is 16.6 Å². The van der Waals surface area contributed by atoms with Gasteiger partial charge >= 0.3 is 0 Å². The van der Waals surface area contributed by atoms with Crippen LogP contribution in [0.2, 0.25) is 0 Å². The molecule has 20 heavy (non-hydrogen) atoms. The second-order valence-corrected chi connectivity index (χ2v) is 5.36. The van der Waals surface area contributed by atoms with Crippen LogP contribution in [0.1, 0.15) is 0 Å². The van der Waals surface area contributed by atoms with Crippen LogP contribution < -0.4 is 10.2 Å². The number of nitro groups is 1. The Hall–Kier alpha value is -1.25. The Bertz CT molecular complexity index is 513. The maximum absolute atomic E-state index is 13.5. The van der Waals surface area contributed by atoms with Crippen LogP contribution in [0, 0.1) is 15.9 Å². The molecule has 1 aliphatic rings. The van der Waals surface area contributed by atoms with Crippen molar-refractivity contribution >= 4 is 27.3 Å². The number of anilines is 1. The van der Waals surface area contributed by atoms with Gasteiger partial charge in [-0.05, 0) is 29.0 Å². The first-order valence-corrected chi connectivity index (χ1v) is 6.96. The molecule has 1 heterocycles. The number of likely N-dealkylation sites (N-methyl/N-ethyl adjacent to an activating group) is 1. The van der Waals surface area contributed by atoms with Gasteiger partial charge in [0.2, 0.25) is 0 Å². The van der Waals surface area contributed by atoms with Gasteiger partial charge in [-0.15, -0.1) is 0 Å². The zero-order valence-electron chi connectivity index (χ0n) is 10.9. The number of hydrogen-bond acceptors (Lipinski definition) is 5. The summed E-state index contributed by atoms with van der Waals surface area (Å²) in [5.74, 6) is -0.638. The van der Waals surface area contributed by atoms with Crippen LogP contribution in [0.3, 0.4) is 0 Å². The van der Waals surface area contributed by atoms with E-state index in [1.807, 2.05) is 11.9 Å². The van der Waals surface area contributed by atoms with Crippen LogP contribution in [0.25, 0.3) is 0 Å². The standard InChI is InChI=1S/C12H15BrFN3O3/c1-15-6-8-7-16(2-3-20-8)11-4-9(13)10(14)5-12(11)17(18)19/h4-5,8,15H,2-3,6-7H2,1H3. The van der Waals surface area contributed by atoms with Gasteiger partial charge in [0.1, 0.15) is 11.5 Å². The third kappa shape index (κ3) is 3.25. The Morgan fingerprint density at radius 1 is 1.65 bits per heavy atom. The maximum atomic E-state index is 13.5. The summed E-state index contributed by atoms with van der Waals surface area (Å²) in [5, 5.41) is 14.1. The molecule has 1 aliphatic heterocycles. The van der Waals surface area contributed by atoms with Gasteiger partial charge in [-0.25, -0.2) is 4.39 Å². The van der Waals surface area contributed by atoms with Crippen molar-refractivity contribution in [3.63, 3.8) is 0 Å². The quantitative estimate of drug-likeness (QED) is 0.665. The van der Waals surface area contributed by atoms with Crippen LogP contribution in [0.4, 0.5) is 15.8 Å². The number of nitrogens with one attached hydrogen (secondary N) is 1. The van der Waals surface area contributed by atoms with Crippen molar-refractivity contribution in [1.29, 1.82) is 0 Å². The molecular formula is C12H15BrFN3O3. The molecule has 0 aromatic heterocycles. The molecule has 1 saturated heterocycles. The van der Waals surface area contributed by atoms with Crippen molar-refractivity contribution in [3.8, 4) is 0 Å². The van der Waals surface area contributed by atoms with Gasteiger partial charge in [-0.3, -0.25) is 10.1 Å². The second kappa shape index (κ2) is 6.47. The van der Waals surface area contributed by atoms with E-state index in [0.29, 0.717) is 31.9 Å². The van der Waals surface area contributed by atoms with Crippen molar-refractivity contribution in [2.75, 3.05) is 38.2 Å². The van der Waals surface area contributed by atoms with Crippen molar-refractivity contribution < 1.29 is 14.1 Å². The number of morpholine rings is 1. The summed E-state index contributed by atoms with van der Waals surface area (Å²) in [5.41, 5.74) is 0.184. The predicted molar refractivity (Wildman–Crippen MR) is 76.6 cm³/mol. The summed E-state index contributed by atoms with van der Waals surface area (Å²) in [6.45, 7) is 2.21. The van der Waals surface area contributed by atoms with Gasteiger partial charge in [0.25, 0.3) is 5.69 Å². The van der Waals surface area contributed by atoms with E-state index in [9.17, 15) is 14.5 Å². The molecule has 1 unspecified atom stereocenters. The number of nitro benzene ring substituents is 1. The third-order valence-corrected chi connectivity index (χ3v) is 3.73. The van der Waals surface area contributed by atoms with Crippen LogP contribution >= 0.6 is 15.9 Å². The minimum absolute atomic E-state index is 0.0443. The number of nitrogens with zero attached hydrogens (tertiary/aromatic N) is 2. The molecule has 0 spiro atoms. The monoisotopic (exact) mass is 347 g/mol. The fourth-order valence-corrected chi connectivity index (χ4v) is 2.55. The SMILES string of the molecule is CNCC1CN(c2cc(Br)c(F)cc2[N+](=O)[O-])CCO1. The van der Waals surface area contributed by atoms with E-state index in [0.717, 1.165) is 6.07 Å². The molecule has 0 bridgehead atoms. The highest BCUT2D eigenvalue weighted by molar-refractivity contribution is 9.10. The van der Waals surface area contributed by atoms with Gasteiger partial charge in [0, 0.05) is 19.6 Å². The zero-order chi connectivity index (χ0) is 14.7. The molecular weight excluding hydrogens is 333 g/mol. The number of ether oxygens (including phenoxy) is 1. The molecule has 0 amide bonds. The summed E-state index contributed by atoms with van der Waals surface area (Å²) in [4.78, 5) is 12.4. The van der Waals surface area contributed by atoms with E-state index in [1.54, 1.807) is 0 Å². The predicted octanol–water partition coefficient (Wildman–Crippen LogP) is 1.92. The average molecular weight is 348 g/mol. The lowest BCUT2D eigenvalue weighted by Gasteiger charge is -2.34. The average Bonchev–Trinajstić information content (AvgIpc) is 2.42. The summed E-state index contributed by atoms with van der Waals surface area (Å²) in [6, 6.07) is 2.40. The van der Waals surface area contributed by atoms with Crippen LogP contribution in [-0.2, 0) is 4.74 Å². The second-order valence-electron chi connectivity index (χ2n) is 4.51. The number of hydrogen-bond donors (Lipinski definition) is 1. The molecule has 1 aromatic carbocycles. The van der Waals surface area contributed by atoms with Crippen LogP contribution in [0.5, 0.6) is 0 Å². The molecule has 2 rings (SSSR count). The summed E-state index contributed by atoms with van der Waals surface area (Å²) in [7, 11) is 1.82. The summed E-state index contributed by atoms with van der Waals surface area (Å²) < 4.78 is 19.3. The molecule has 0 saturated carbocycles. The van der Waals surface area contributed by atoms with Gasteiger partial charge < -0.3 is 15.0 Å². The van der Waals surface area contributed by atoms with Gasteiger partial charge in [0.05, 0.1) is 28.2 Å². The minimum atomic E-state index is -0.638. The van der Waals surface area contributed by atoms with Crippen molar-refractivity contribution in [3.05, 3.63) is 32.5 Å². The van der Waals surface area contributed by atoms with Crippen molar-refractivity contribution in [2.24, 2.45) is 0 Å². The smallest absolute Gasteiger partial charge is 0.295 e. The lowest BCUT2D eigenvalue weighted by Crippen LogP contribution is -2.46. The van der Waals surface area contributed by atoms with E-state index < -0.39 is 10.7 Å². The van der Waals surface area contributed by atoms with E-state index in [2.05, 4.69) is 21.2 Å². The van der Waals surface area contributed by atoms with E-state index in [4.69, 9.17) is 4.74 Å².